The molecule has 2 heterocycles. The Morgan fingerprint density at radius 3 is 2.81 bits per heavy atom. The molecule has 1 aliphatic heterocycles. The third kappa shape index (κ3) is 2.27. The number of fused-ring (bicyclic) bond motifs is 1. The van der Waals surface area contributed by atoms with E-state index in [1.807, 2.05) is 0 Å². The molecular formula is C13H13N3O4S. The van der Waals surface area contributed by atoms with Gasteiger partial charge < -0.3 is 5.11 Å². The van der Waals surface area contributed by atoms with Crippen LogP contribution < -0.4 is 4.31 Å². The van der Waals surface area contributed by atoms with Gasteiger partial charge in [-0.3, -0.25) is 9.40 Å². The third-order valence-corrected chi connectivity index (χ3v) is 5.19. The first-order valence-electron chi connectivity index (χ1n) is 6.38. The van der Waals surface area contributed by atoms with Gasteiger partial charge in [0, 0.05) is 6.54 Å². The maximum atomic E-state index is 12.6. The number of aromatic carboxylic acids is 1. The van der Waals surface area contributed by atoms with Crippen molar-refractivity contribution in [1.29, 1.82) is 0 Å². The summed E-state index contributed by atoms with van der Waals surface area (Å²) in [7, 11) is -3.70. The first kappa shape index (κ1) is 13.6. The molecule has 0 saturated carbocycles. The Bertz CT molecular complexity index is 784. The van der Waals surface area contributed by atoms with E-state index < -0.39 is 16.0 Å². The topological polar surface area (TPSA) is 103 Å². The van der Waals surface area contributed by atoms with Gasteiger partial charge in [-0.1, -0.05) is 0 Å². The molecule has 0 atom stereocenters. The molecule has 0 amide bonds. The summed E-state index contributed by atoms with van der Waals surface area (Å²) in [5, 5.41) is 15.2. The minimum Gasteiger partial charge on any atom is -0.478 e. The fourth-order valence-corrected chi connectivity index (χ4v) is 3.90. The molecule has 8 heteroatoms. The highest BCUT2D eigenvalue weighted by molar-refractivity contribution is 7.92. The molecule has 21 heavy (non-hydrogen) atoms. The van der Waals surface area contributed by atoms with E-state index in [1.54, 1.807) is 6.07 Å². The Morgan fingerprint density at radius 2 is 2.14 bits per heavy atom. The number of hydrogen-bond acceptors (Lipinski definition) is 4. The van der Waals surface area contributed by atoms with Gasteiger partial charge in [0.1, 0.15) is 0 Å². The standard InChI is InChI=1S/C13H13N3O4S/c17-13(18)10-3-4-11-9(8-10)2-1-7-16(11)21(19,20)12-5-6-14-15-12/h3-6,8H,1-2,7H2,(H,14,15)(H,17,18). The zero-order valence-electron chi connectivity index (χ0n) is 11.0. The van der Waals surface area contributed by atoms with Crippen LogP contribution in [0.15, 0.2) is 35.5 Å². The molecule has 0 radical (unpaired) electrons. The first-order chi connectivity index (χ1) is 10.00. The number of nitrogens with one attached hydrogen (secondary N) is 1. The molecule has 0 spiro atoms. The highest BCUT2D eigenvalue weighted by Crippen LogP contribution is 2.32. The van der Waals surface area contributed by atoms with Crippen LogP contribution in [0.2, 0.25) is 0 Å². The molecular weight excluding hydrogens is 294 g/mol. The van der Waals surface area contributed by atoms with Gasteiger partial charge in [0.25, 0.3) is 10.0 Å². The Balaban J connectivity index is 2.07. The molecule has 0 fully saturated rings. The monoisotopic (exact) mass is 307 g/mol. The van der Waals surface area contributed by atoms with Crippen LogP contribution >= 0.6 is 0 Å². The summed E-state index contributed by atoms with van der Waals surface area (Å²) < 4.78 is 26.4. The minimum atomic E-state index is -3.70. The molecule has 0 aliphatic carbocycles. The highest BCUT2D eigenvalue weighted by Gasteiger charge is 2.30. The largest absolute Gasteiger partial charge is 0.478 e. The number of rotatable bonds is 3. The van der Waals surface area contributed by atoms with Gasteiger partial charge in [-0.15, -0.1) is 0 Å². The molecule has 1 aliphatic rings. The minimum absolute atomic E-state index is 0.0256. The Morgan fingerprint density at radius 1 is 1.33 bits per heavy atom. The zero-order chi connectivity index (χ0) is 15.0. The lowest BCUT2D eigenvalue weighted by Crippen LogP contribution is -2.35. The van der Waals surface area contributed by atoms with Crippen molar-refractivity contribution in [2.45, 2.75) is 17.9 Å². The number of carboxylic acid groups (broad SMARTS) is 1. The number of sulfonamides is 1. The van der Waals surface area contributed by atoms with Crippen LogP contribution in [0.3, 0.4) is 0 Å². The molecule has 0 unspecified atom stereocenters. The van der Waals surface area contributed by atoms with Gasteiger partial charge in [-0.25, -0.2) is 4.79 Å². The van der Waals surface area contributed by atoms with E-state index in [9.17, 15) is 13.2 Å². The molecule has 1 aromatic carbocycles. The van der Waals surface area contributed by atoms with Crippen molar-refractivity contribution in [2.24, 2.45) is 0 Å². The number of hydrogen-bond donors (Lipinski definition) is 2. The van der Waals surface area contributed by atoms with E-state index in [4.69, 9.17) is 5.11 Å². The molecule has 2 aromatic rings. The van der Waals surface area contributed by atoms with Crippen LogP contribution in [-0.2, 0) is 16.4 Å². The van der Waals surface area contributed by atoms with E-state index in [1.165, 1.54) is 28.7 Å². The van der Waals surface area contributed by atoms with Gasteiger partial charge in [0.15, 0.2) is 5.03 Å². The smallest absolute Gasteiger partial charge is 0.335 e. The molecule has 3 rings (SSSR count). The maximum Gasteiger partial charge on any atom is 0.335 e. The number of anilines is 1. The summed E-state index contributed by atoms with van der Waals surface area (Å²) in [5.74, 6) is -1.02. The van der Waals surface area contributed by atoms with Crippen LogP contribution in [-0.4, -0.2) is 36.2 Å². The number of aryl methyl sites for hydroxylation is 1. The number of nitrogens with zero attached hydrogens (tertiary/aromatic N) is 2. The summed E-state index contributed by atoms with van der Waals surface area (Å²) in [6.45, 7) is 0.362. The van der Waals surface area contributed by atoms with Gasteiger partial charge >= 0.3 is 5.97 Å². The van der Waals surface area contributed by atoms with Crippen molar-refractivity contribution in [3.05, 3.63) is 41.6 Å². The van der Waals surface area contributed by atoms with E-state index >= 15 is 0 Å². The lowest BCUT2D eigenvalue weighted by molar-refractivity contribution is 0.0697. The van der Waals surface area contributed by atoms with E-state index in [0.29, 0.717) is 25.1 Å². The second-order valence-electron chi connectivity index (χ2n) is 4.75. The van der Waals surface area contributed by atoms with Crippen molar-refractivity contribution < 1.29 is 18.3 Å². The molecule has 1 aromatic heterocycles. The Labute approximate surface area is 121 Å². The fourth-order valence-electron chi connectivity index (χ4n) is 2.45. The Hall–Kier alpha value is -2.35. The predicted molar refractivity (Wildman–Crippen MR) is 74.8 cm³/mol. The van der Waals surface area contributed by atoms with Gasteiger partial charge in [0.2, 0.25) is 0 Å². The van der Waals surface area contributed by atoms with E-state index in [-0.39, 0.29) is 10.6 Å². The molecule has 7 nitrogen and oxygen atoms in total. The van der Waals surface area contributed by atoms with Crippen molar-refractivity contribution in [3.8, 4) is 0 Å². The van der Waals surface area contributed by atoms with Crippen molar-refractivity contribution in [1.82, 2.24) is 10.2 Å². The molecule has 0 saturated heterocycles. The summed E-state index contributed by atoms with van der Waals surface area (Å²) in [6, 6.07) is 5.90. The van der Waals surface area contributed by atoms with Crippen molar-refractivity contribution in [3.63, 3.8) is 0 Å². The fraction of sp³-hybridized carbons (Fsp3) is 0.231. The van der Waals surface area contributed by atoms with Crippen LogP contribution in [0, 0.1) is 0 Å². The maximum absolute atomic E-state index is 12.6. The third-order valence-electron chi connectivity index (χ3n) is 3.45. The molecule has 110 valence electrons. The van der Waals surface area contributed by atoms with E-state index in [2.05, 4.69) is 10.2 Å². The SMILES string of the molecule is O=C(O)c1ccc2c(c1)CCCN2S(=O)(=O)c1ccn[nH]1. The second-order valence-corrected chi connectivity index (χ2v) is 6.58. The molecule has 2 N–H and O–H groups in total. The summed E-state index contributed by atoms with van der Waals surface area (Å²) in [4.78, 5) is 11.0. The zero-order valence-corrected chi connectivity index (χ0v) is 11.8. The van der Waals surface area contributed by atoms with E-state index in [0.717, 1.165) is 5.56 Å². The van der Waals surface area contributed by atoms with Crippen LogP contribution in [0.1, 0.15) is 22.3 Å². The predicted octanol–water partition coefficient (Wildman–Crippen LogP) is 1.25. The molecule has 0 bridgehead atoms. The van der Waals surface area contributed by atoms with Gasteiger partial charge in [-0.05, 0) is 42.7 Å². The first-order valence-corrected chi connectivity index (χ1v) is 7.82. The second kappa shape index (κ2) is 4.88. The number of benzene rings is 1. The lowest BCUT2D eigenvalue weighted by atomic mass is 10.0. The van der Waals surface area contributed by atoms with Crippen LogP contribution in [0.25, 0.3) is 0 Å². The van der Waals surface area contributed by atoms with Crippen LogP contribution in [0.5, 0.6) is 0 Å². The van der Waals surface area contributed by atoms with Gasteiger partial charge in [-0.2, -0.15) is 13.5 Å². The summed E-state index contributed by atoms with van der Waals surface area (Å²) >= 11 is 0. The quantitative estimate of drug-likeness (QED) is 0.888. The highest BCUT2D eigenvalue weighted by atomic mass is 32.2. The van der Waals surface area contributed by atoms with Crippen LogP contribution in [0.4, 0.5) is 5.69 Å². The van der Waals surface area contributed by atoms with Crippen molar-refractivity contribution in [2.75, 3.05) is 10.8 Å². The number of H-pyrrole nitrogens is 1. The number of carboxylic acids is 1. The average Bonchev–Trinajstić information content (AvgIpc) is 3.00. The average molecular weight is 307 g/mol. The normalized spacial score (nSPS) is 14.8. The van der Waals surface area contributed by atoms with Gasteiger partial charge in [0.05, 0.1) is 17.4 Å². The number of carbonyl (C=O) groups is 1. The summed E-state index contributed by atoms with van der Waals surface area (Å²) in [6.07, 6.45) is 2.68. The lowest BCUT2D eigenvalue weighted by Gasteiger charge is -2.30. The summed E-state index contributed by atoms with van der Waals surface area (Å²) in [5.41, 5.74) is 1.42. The number of aromatic amines is 1. The van der Waals surface area contributed by atoms with Crippen molar-refractivity contribution >= 4 is 21.7 Å². The Kier molecular flexibility index (Phi) is 3.17. The number of aromatic nitrogens is 2.